The molecule has 2 unspecified atom stereocenters. The van der Waals surface area contributed by atoms with E-state index in [1.54, 1.807) is 6.20 Å². The van der Waals surface area contributed by atoms with Crippen molar-refractivity contribution in [2.45, 2.75) is 44.7 Å². The molecule has 2 aromatic rings. The van der Waals surface area contributed by atoms with Crippen LogP contribution in [0.3, 0.4) is 0 Å². The van der Waals surface area contributed by atoms with E-state index in [1.165, 1.54) is 0 Å². The fourth-order valence-electron chi connectivity index (χ4n) is 2.70. The second-order valence-electron chi connectivity index (χ2n) is 5.79. The van der Waals surface area contributed by atoms with E-state index in [1.807, 2.05) is 18.2 Å². The number of hydrogen-bond donors (Lipinski definition) is 2. The minimum Gasteiger partial charge on any atom is -0.352 e. The van der Waals surface area contributed by atoms with E-state index in [-0.39, 0.29) is 36.8 Å². The van der Waals surface area contributed by atoms with Crippen LogP contribution in [0.5, 0.6) is 0 Å². The van der Waals surface area contributed by atoms with Crippen molar-refractivity contribution in [3.05, 3.63) is 30.3 Å². The summed E-state index contributed by atoms with van der Waals surface area (Å²) in [5, 5.41) is 10.3. The zero-order chi connectivity index (χ0) is 16.1. The molecule has 3 rings (SSSR count). The Labute approximate surface area is 159 Å². The van der Waals surface area contributed by atoms with Crippen molar-refractivity contribution in [1.29, 1.82) is 0 Å². The lowest BCUT2D eigenvalue weighted by atomic mass is 10.00. The Balaban J connectivity index is 0.00000156. The Morgan fingerprint density at radius 2 is 2.24 bits per heavy atom. The van der Waals surface area contributed by atoms with Crippen molar-refractivity contribution in [3.8, 4) is 11.5 Å². The molecule has 2 N–H and O–H groups in total. The van der Waals surface area contributed by atoms with Gasteiger partial charge in [0.1, 0.15) is 5.69 Å². The van der Waals surface area contributed by atoms with Gasteiger partial charge in [0.2, 0.25) is 17.6 Å². The van der Waals surface area contributed by atoms with Gasteiger partial charge in [-0.3, -0.25) is 9.78 Å². The molecular weight excluding hydrogens is 365 g/mol. The van der Waals surface area contributed by atoms with Gasteiger partial charge in [0, 0.05) is 31.1 Å². The lowest BCUT2D eigenvalue weighted by Gasteiger charge is -2.30. The number of nitrogens with one attached hydrogen (secondary N) is 2. The zero-order valence-electron chi connectivity index (χ0n) is 14.0. The number of pyridine rings is 1. The monoisotopic (exact) mass is 387 g/mol. The largest absolute Gasteiger partial charge is 0.352 e. The molecule has 0 saturated carbocycles. The van der Waals surface area contributed by atoms with Crippen LogP contribution >= 0.6 is 24.8 Å². The number of nitrogens with zero attached hydrogens (tertiary/aromatic N) is 3. The van der Waals surface area contributed by atoms with Crippen molar-refractivity contribution in [2.24, 2.45) is 0 Å². The van der Waals surface area contributed by atoms with Crippen LogP contribution in [0.4, 0.5) is 0 Å². The number of carbonyl (C=O) groups excluding carboxylic acids is 1. The van der Waals surface area contributed by atoms with Gasteiger partial charge < -0.3 is 15.2 Å². The maximum atomic E-state index is 12.1. The number of aromatic nitrogens is 3. The second kappa shape index (κ2) is 10.3. The van der Waals surface area contributed by atoms with Gasteiger partial charge in [0.25, 0.3) is 0 Å². The van der Waals surface area contributed by atoms with Gasteiger partial charge in [-0.25, -0.2) is 0 Å². The summed E-state index contributed by atoms with van der Waals surface area (Å²) in [6.45, 7) is 3.12. The summed E-state index contributed by atoms with van der Waals surface area (Å²) in [5.41, 5.74) is 0.661. The van der Waals surface area contributed by atoms with Gasteiger partial charge in [0.05, 0.1) is 0 Å². The molecule has 0 radical (unpaired) electrons. The van der Waals surface area contributed by atoms with Crippen molar-refractivity contribution in [3.63, 3.8) is 0 Å². The fourth-order valence-corrected chi connectivity index (χ4v) is 2.70. The minimum atomic E-state index is 0. The first kappa shape index (κ1) is 21.3. The Morgan fingerprint density at radius 1 is 1.40 bits per heavy atom. The normalized spacial score (nSPS) is 19.4. The van der Waals surface area contributed by atoms with E-state index < -0.39 is 0 Å². The van der Waals surface area contributed by atoms with Gasteiger partial charge >= 0.3 is 0 Å². The molecule has 0 aliphatic carbocycles. The van der Waals surface area contributed by atoms with Crippen LogP contribution in [-0.2, 0) is 11.2 Å². The molecular formula is C16H23Cl2N5O2. The summed E-state index contributed by atoms with van der Waals surface area (Å²) in [4.78, 5) is 20.5. The lowest BCUT2D eigenvalue weighted by molar-refractivity contribution is -0.122. The summed E-state index contributed by atoms with van der Waals surface area (Å²) in [5.74, 6) is 0.921. The predicted molar refractivity (Wildman–Crippen MR) is 99.0 cm³/mol. The van der Waals surface area contributed by atoms with Crippen molar-refractivity contribution in [2.75, 3.05) is 6.54 Å². The van der Waals surface area contributed by atoms with Crippen LogP contribution < -0.4 is 10.6 Å². The van der Waals surface area contributed by atoms with E-state index in [4.69, 9.17) is 4.52 Å². The first-order valence-corrected chi connectivity index (χ1v) is 7.99. The Hall–Kier alpha value is -1.70. The highest BCUT2D eigenvalue weighted by Crippen LogP contribution is 2.13. The molecule has 7 nitrogen and oxygen atoms in total. The number of piperidine rings is 1. The number of halogens is 2. The van der Waals surface area contributed by atoms with E-state index in [2.05, 4.69) is 32.7 Å². The molecule has 1 amide bonds. The average Bonchev–Trinajstić information content (AvgIpc) is 3.05. The van der Waals surface area contributed by atoms with Crippen LogP contribution in [0.15, 0.2) is 28.9 Å². The molecule has 0 spiro atoms. The molecule has 3 heterocycles. The van der Waals surface area contributed by atoms with E-state index >= 15 is 0 Å². The van der Waals surface area contributed by atoms with E-state index in [9.17, 15) is 4.79 Å². The third-order valence-corrected chi connectivity index (χ3v) is 4.04. The van der Waals surface area contributed by atoms with E-state index in [0.717, 1.165) is 19.4 Å². The molecule has 1 aliphatic heterocycles. The predicted octanol–water partition coefficient (Wildman–Crippen LogP) is 2.16. The standard InChI is InChI=1S/C16H21N5O2.2ClH/c1-11-12(6-4-10-17-11)19-14(22)7-8-15-20-16(21-23-15)13-5-2-3-9-18-13;;/h2-3,5,9,11-12,17H,4,6-8,10H2,1H3,(H,19,22);2*1H. The number of amides is 1. The number of carbonyl (C=O) groups is 1. The quantitative estimate of drug-likeness (QED) is 0.816. The Morgan fingerprint density at radius 3 is 2.96 bits per heavy atom. The molecule has 0 bridgehead atoms. The van der Waals surface area contributed by atoms with Crippen LogP contribution in [0.1, 0.15) is 32.1 Å². The van der Waals surface area contributed by atoms with Gasteiger partial charge in [0.15, 0.2) is 0 Å². The maximum absolute atomic E-state index is 12.1. The number of rotatable bonds is 5. The second-order valence-corrected chi connectivity index (χ2v) is 5.79. The third kappa shape index (κ3) is 5.95. The topological polar surface area (TPSA) is 92.9 Å². The highest BCUT2D eigenvalue weighted by atomic mass is 35.5. The number of hydrogen-bond acceptors (Lipinski definition) is 6. The molecule has 2 atom stereocenters. The highest BCUT2D eigenvalue weighted by molar-refractivity contribution is 5.85. The van der Waals surface area contributed by atoms with Crippen LogP contribution in [-0.4, -0.2) is 39.7 Å². The molecule has 1 saturated heterocycles. The first-order valence-electron chi connectivity index (χ1n) is 7.99. The summed E-state index contributed by atoms with van der Waals surface area (Å²) in [6.07, 6.45) is 4.56. The summed E-state index contributed by atoms with van der Waals surface area (Å²) < 4.78 is 5.19. The van der Waals surface area contributed by atoms with Crippen LogP contribution in [0.2, 0.25) is 0 Å². The van der Waals surface area contributed by atoms with E-state index in [0.29, 0.717) is 36.3 Å². The van der Waals surface area contributed by atoms with Gasteiger partial charge in [-0.1, -0.05) is 11.2 Å². The van der Waals surface area contributed by atoms with Crippen LogP contribution in [0.25, 0.3) is 11.5 Å². The molecule has 138 valence electrons. The fraction of sp³-hybridized carbons (Fsp3) is 0.500. The minimum absolute atomic E-state index is 0. The summed E-state index contributed by atoms with van der Waals surface area (Å²) in [6, 6.07) is 6.02. The Bertz CT molecular complexity index is 653. The average molecular weight is 388 g/mol. The molecule has 2 aromatic heterocycles. The SMILES string of the molecule is CC1NCCCC1NC(=O)CCc1nc(-c2ccccn2)no1.Cl.Cl. The summed E-state index contributed by atoms with van der Waals surface area (Å²) in [7, 11) is 0. The lowest BCUT2D eigenvalue weighted by Crippen LogP contribution is -2.51. The van der Waals surface area contributed by atoms with Gasteiger partial charge in [-0.2, -0.15) is 4.98 Å². The zero-order valence-corrected chi connectivity index (χ0v) is 15.6. The highest BCUT2D eigenvalue weighted by Gasteiger charge is 2.22. The van der Waals surface area contributed by atoms with Gasteiger partial charge in [-0.05, 0) is 38.4 Å². The van der Waals surface area contributed by atoms with Crippen molar-refractivity contribution < 1.29 is 9.32 Å². The molecule has 9 heteroatoms. The van der Waals surface area contributed by atoms with Crippen LogP contribution in [0, 0.1) is 0 Å². The molecule has 25 heavy (non-hydrogen) atoms. The molecule has 1 fully saturated rings. The maximum Gasteiger partial charge on any atom is 0.227 e. The van der Waals surface area contributed by atoms with Gasteiger partial charge in [-0.15, -0.1) is 24.8 Å². The molecule has 1 aliphatic rings. The van der Waals surface area contributed by atoms with Crippen molar-refractivity contribution in [1.82, 2.24) is 25.8 Å². The number of aryl methyl sites for hydroxylation is 1. The molecule has 0 aromatic carbocycles. The first-order chi connectivity index (χ1) is 11.2. The van der Waals surface area contributed by atoms with Crippen molar-refractivity contribution >= 4 is 30.7 Å². The third-order valence-electron chi connectivity index (χ3n) is 4.04. The Kier molecular flexibility index (Phi) is 8.82. The summed E-state index contributed by atoms with van der Waals surface area (Å²) >= 11 is 0. The smallest absolute Gasteiger partial charge is 0.227 e.